The van der Waals surface area contributed by atoms with E-state index in [1.807, 2.05) is 72.8 Å². The highest BCUT2D eigenvalue weighted by Crippen LogP contribution is 2.39. The van der Waals surface area contributed by atoms with Gasteiger partial charge in [0.2, 0.25) is 0 Å². The van der Waals surface area contributed by atoms with Crippen LogP contribution in [0.2, 0.25) is 0 Å². The molecule has 1 aliphatic rings. The third kappa shape index (κ3) is 5.65. The summed E-state index contributed by atoms with van der Waals surface area (Å²) in [7, 11) is 0. The zero-order valence-corrected chi connectivity index (χ0v) is 27.5. The molecule has 2 heterocycles. The van der Waals surface area contributed by atoms with Crippen molar-refractivity contribution in [3.05, 3.63) is 192 Å². The second-order valence-corrected chi connectivity index (χ2v) is 12.5. The summed E-state index contributed by atoms with van der Waals surface area (Å²) in [4.78, 5) is 10.3. The molecule has 0 saturated heterocycles. The van der Waals surface area contributed by atoms with Gasteiger partial charge in [0.25, 0.3) is 0 Å². The van der Waals surface area contributed by atoms with Gasteiger partial charge in [-0.1, -0.05) is 146 Å². The maximum Gasteiger partial charge on any atom is 0.159 e. The van der Waals surface area contributed by atoms with E-state index in [4.69, 9.17) is 14.4 Å². The Morgan fingerprint density at radius 1 is 0.529 bits per heavy atom. The zero-order chi connectivity index (χ0) is 34.1. The molecule has 0 bridgehead atoms. The second-order valence-electron chi connectivity index (χ2n) is 12.5. The number of aliphatic imine (C=N–C) groups is 2. The molecule has 0 radical (unpaired) electrons. The highest BCUT2D eigenvalue weighted by molar-refractivity contribution is 6.18. The molecule has 240 valence electrons. The molecule has 5 nitrogen and oxygen atoms in total. The summed E-state index contributed by atoms with van der Waals surface area (Å²) in [6.07, 6.45) is -0.396. The maximum atomic E-state index is 10.1. The van der Waals surface area contributed by atoms with E-state index in [1.165, 1.54) is 0 Å². The number of furan rings is 1. The number of nitrogens with zero attached hydrogens (tertiary/aromatic N) is 3. The monoisotopic (exact) mass is 654 g/mol. The van der Waals surface area contributed by atoms with Gasteiger partial charge in [-0.2, -0.15) is 5.26 Å². The van der Waals surface area contributed by atoms with Crippen LogP contribution >= 0.6 is 0 Å². The molecule has 8 aromatic rings. The van der Waals surface area contributed by atoms with Crippen LogP contribution in [0, 0.1) is 11.3 Å². The Labute approximate surface area is 295 Å². The molecule has 1 N–H and O–H groups in total. The van der Waals surface area contributed by atoms with Crippen molar-refractivity contribution in [1.82, 2.24) is 5.32 Å². The highest BCUT2D eigenvalue weighted by atomic mass is 16.3. The highest BCUT2D eigenvalue weighted by Gasteiger charge is 2.24. The smallest absolute Gasteiger partial charge is 0.159 e. The van der Waals surface area contributed by atoms with Gasteiger partial charge in [0.05, 0.1) is 11.6 Å². The van der Waals surface area contributed by atoms with Crippen LogP contribution in [0.1, 0.15) is 28.4 Å². The number of hydrogen-bond donors (Lipinski definition) is 1. The minimum Gasteiger partial charge on any atom is -0.456 e. The molecule has 5 heteroatoms. The number of para-hydroxylation sites is 1. The third-order valence-electron chi connectivity index (χ3n) is 9.42. The molecule has 0 aliphatic carbocycles. The molecular formula is C46H30N4O. The molecular weight excluding hydrogens is 625 g/mol. The van der Waals surface area contributed by atoms with Gasteiger partial charge < -0.3 is 9.73 Å². The van der Waals surface area contributed by atoms with E-state index in [0.717, 1.165) is 72.0 Å². The number of benzene rings is 7. The summed E-state index contributed by atoms with van der Waals surface area (Å²) < 4.78 is 6.46. The van der Waals surface area contributed by atoms with E-state index >= 15 is 0 Å². The molecule has 1 unspecified atom stereocenters. The number of hydrogen-bond acceptors (Lipinski definition) is 5. The normalized spacial score (nSPS) is 14.1. The minimum atomic E-state index is -0.396. The summed E-state index contributed by atoms with van der Waals surface area (Å²) in [5.74, 6) is 1.30. The SMILES string of the molecule is N#Cc1ccccc1-c1cc(C2=NC(c3ccc(-c4ccccc4)cc3)=NC(c3ccc(-c4ccccc4)cc3)N2)cc2oc3ccccc3c12. The number of fused-ring (bicyclic) bond motifs is 3. The van der Waals surface area contributed by atoms with E-state index in [-0.39, 0.29) is 0 Å². The molecule has 9 rings (SSSR count). The van der Waals surface area contributed by atoms with Crippen LogP contribution in [0.25, 0.3) is 55.3 Å². The fraction of sp³-hybridized carbons (Fsp3) is 0.0217. The van der Waals surface area contributed by atoms with Gasteiger partial charge in [-0.05, 0) is 57.6 Å². The number of nitrogens with one attached hydrogen (secondary N) is 1. The molecule has 0 spiro atoms. The summed E-state index contributed by atoms with van der Waals surface area (Å²) in [6.45, 7) is 0. The standard InChI is InChI=1S/C46H30N4O/c47-29-36-15-7-8-16-38(36)40-27-37(28-42-43(40)39-17-9-10-18-41(39)51-42)46-49-44(34-23-19-32(20-24-34)30-11-3-1-4-12-30)48-45(50-46)35-25-21-33(22-26-35)31-13-5-2-6-14-31/h1-28,44H,(H,48,49,50). The fourth-order valence-corrected chi connectivity index (χ4v) is 6.85. The fourth-order valence-electron chi connectivity index (χ4n) is 6.85. The average molecular weight is 655 g/mol. The molecule has 0 amide bonds. The van der Waals surface area contributed by atoms with Gasteiger partial charge in [0.1, 0.15) is 23.2 Å². The first-order valence-electron chi connectivity index (χ1n) is 16.9. The van der Waals surface area contributed by atoms with Crippen molar-refractivity contribution in [3.8, 4) is 39.4 Å². The predicted molar refractivity (Wildman–Crippen MR) is 207 cm³/mol. The Balaban J connectivity index is 1.19. The van der Waals surface area contributed by atoms with Crippen molar-refractivity contribution in [3.63, 3.8) is 0 Å². The van der Waals surface area contributed by atoms with Crippen molar-refractivity contribution >= 4 is 33.6 Å². The molecule has 7 aromatic carbocycles. The largest absolute Gasteiger partial charge is 0.456 e. The van der Waals surface area contributed by atoms with Crippen LogP contribution in [0.4, 0.5) is 0 Å². The van der Waals surface area contributed by atoms with E-state index in [2.05, 4.69) is 108 Å². The zero-order valence-electron chi connectivity index (χ0n) is 27.5. The van der Waals surface area contributed by atoms with Crippen molar-refractivity contribution < 1.29 is 4.42 Å². The van der Waals surface area contributed by atoms with Gasteiger partial charge in [-0.25, -0.2) is 9.98 Å². The van der Waals surface area contributed by atoms with Crippen LogP contribution in [0.5, 0.6) is 0 Å². The lowest BCUT2D eigenvalue weighted by Crippen LogP contribution is -2.33. The molecule has 0 fully saturated rings. The Kier molecular flexibility index (Phi) is 7.53. The van der Waals surface area contributed by atoms with Gasteiger partial charge in [-0.3, -0.25) is 0 Å². The Bertz CT molecular complexity index is 2650. The van der Waals surface area contributed by atoms with Crippen molar-refractivity contribution in [2.75, 3.05) is 0 Å². The Morgan fingerprint density at radius 2 is 1.12 bits per heavy atom. The first kappa shape index (κ1) is 30.1. The van der Waals surface area contributed by atoms with Crippen LogP contribution in [-0.4, -0.2) is 11.7 Å². The van der Waals surface area contributed by atoms with Crippen LogP contribution in [0.3, 0.4) is 0 Å². The number of amidine groups is 2. The van der Waals surface area contributed by atoms with Gasteiger partial charge in [0, 0.05) is 27.5 Å². The van der Waals surface area contributed by atoms with Crippen LogP contribution in [-0.2, 0) is 0 Å². The lowest BCUT2D eigenvalue weighted by atomic mass is 9.93. The topological polar surface area (TPSA) is 73.7 Å². The first-order valence-corrected chi connectivity index (χ1v) is 16.9. The van der Waals surface area contributed by atoms with Crippen molar-refractivity contribution in [1.29, 1.82) is 5.26 Å². The average Bonchev–Trinajstić information content (AvgIpc) is 3.60. The van der Waals surface area contributed by atoms with Crippen molar-refractivity contribution in [2.24, 2.45) is 9.98 Å². The quantitative estimate of drug-likeness (QED) is 0.194. The summed E-state index contributed by atoms with van der Waals surface area (Å²) in [5, 5.41) is 15.7. The van der Waals surface area contributed by atoms with E-state index < -0.39 is 6.17 Å². The summed E-state index contributed by atoms with van der Waals surface area (Å²) in [5.41, 5.74) is 11.2. The molecule has 0 saturated carbocycles. The number of rotatable bonds is 6. The Morgan fingerprint density at radius 3 is 1.82 bits per heavy atom. The van der Waals surface area contributed by atoms with Gasteiger partial charge in [0.15, 0.2) is 5.84 Å². The van der Waals surface area contributed by atoms with Crippen LogP contribution < -0.4 is 5.32 Å². The van der Waals surface area contributed by atoms with Gasteiger partial charge in [-0.15, -0.1) is 0 Å². The Hall–Kier alpha value is -7.03. The molecule has 1 atom stereocenters. The lowest BCUT2D eigenvalue weighted by Gasteiger charge is -2.24. The molecule has 1 aromatic heterocycles. The number of nitriles is 1. The lowest BCUT2D eigenvalue weighted by molar-refractivity contribution is 0.666. The third-order valence-corrected chi connectivity index (χ3v) is 9.42. The minimum absolute atomic E-state index is 0.396. The summed E-state index contributed by atoms with van der Waals surface area (Å²) >= 11 is 0. The molecule has 51 heavy (non-hydrogen) atoms. The molecule has 1 aliphatic heterocycles. The van der Waals surface area contributed by atoms with E-state index in [0.29, 0.717) is 17.2 Å². The van der Waals surface area contributed by atoms with Gasteiger partial charge >= 0.3 is 0 Å². The second kappa shape index (κ2) is 12.8. The first-order chi connectivity index (χ1) is 25.2. The van der Waals surface area contributed by atoms with E-state index in [1.54, 1.807) is 0 Å². The van der Waals surface area contributed by atoms with Crippen LogP contribution in [0.15, 0.2) is 184 Å². The van der Waals surface area contributed by atoms with Crippen molar-refractivity contribution in [2.45, 2.75) is 6.17 Å². The maximum absolute atomic E-state index is 10.1. The predicted octanol–water partition coefficient (Wildman–Crippen LogP) is 11.0. The summed E-state index contributed by atoms with van der Waals surface area (Å²) in [6, 6.07) is 59.9. The van der Waals surface area contributed by atoms with E-state index in [9.17, 15) is 5.26 Å².